The van der Waals surface area contributed by atoms with Crippen molar-refractivity contribution in [2.45, 2.75) is 78.1 Å². The summed E-state index contributed by atoms with van der Waals surface area (Å²) in [6.07, 6.45) is -0.255. The lowest BCUT2D eigenvalue weighted by Crippen LogP contribution is -2.40. The number of likely N-dealkylation sites (N-methyl/N-ethyl adjacent to an activating group) is 1. The number of amides is 2. The molecule has 19 heteroatoms. The topological polar surface area (TPSA) is 243 Å². The quantitative estimate of drug-likeness (QED) is 0.124. The van der Waals surface area contributed by atoms with Gasteiger partial charge in [-0.05, 0) is 57.4 Å². The van der Waals surface area contributed by atoms with E-state index in [1.165, 1.54) is 15.5 Å². The molecule has 1 fully saturated rings. The van der Waals surface area contributed by atoms with E-state index in [2.05, 4.69) is 41.2 Å². The fourth-order valence-electron chi connectivity index (χ4n) is 6.92. The van der Waals surface area contributed by atoms with Crippen LogP contribution in [0, 0.1) is 5.92 Å². The number of benzene rings is 1. The van der Waals surface area contributed by atoms with Crippen LogP contribution in [-0.2, 0) is 40.9 Å². The molecule has 2 aliphatic heterocycles. The Hall–Kier alpha value is -5.82. The Balaban J connectivity index is 1.07. The molecule has 1 aromatic carbocycles. The second-order valence-corrected chi connectivity index (χ2v) is 12.9. The third-order valence-electron chi connectivity index (χ3n) is 9.75. The highest BCUT2D eigenvalue weighted by Gasteiger charge is 2.46. The van der Waals surface area contributed by atoms with E-state index in [1.54, 1.807) is 32.4 Å². The van der Waals surface area contributed by atoms with Crippen molar-refractivity contribution in [3.8, 4) is 0 Å². The number of carbonyl (C=O) groups is 2. The Kier molecular flexibility index (Phi) is 8.91. The largest absolute Gasteiger partial charge is 0.388 e. The van der Waals surface area contributed by atoms with Gasteiger partial charge in [-0.3, -0.25) is 33.4 Å². The number of fused-ring (bicyclic) bond motifs is 3. The number of nitrogens with one attached hydrogen (secondary N) is 4. The van der Waals surface area contributed by atoms with Crippen LogP contribution in [0.2, 0.25) is 0 Å². The van der Waals surface area contributed by atoms with Gasteiger partial charge in [0, 0.05) is 44.0 Å². The third-order valence-corrected chi connectivity index (χ3v) is 9.75. The molecule has 5 aromatic rings. The van der Waals surface area contributed by atoms with Gasteiger partial charge in [-0.25, -0.2) is 9.78 Å². The van der Waals surface area contributed by atoms with Crippen LogP contribution in [0.15, 0.2) is 34.1 Å². The summed E-state index contributed by atoms with van der Waals surface area (Å²) in [6.45, 7) is 8.05. The maximum Gasteiger partial charge on any atom is 0.332 e. The molecule has 0 spiro atoms. The van der Waals surface area contributed by atoms with Crippen LogP contribution < -0.4 is 38.2 Å². The van der Waals surface area contributed by atoms with Crippen molar-refractivity contribution in [3.05, 3.63) is 50.9 Å². The monoisotopic (exact) mass is 715 g/mol. The maximum absolute atomic E-state index is 13.4. The molecule has 0 aliphatic carbocycles. The Morgan fingerprint density at radius 1 is 1.08 bits per heavy atom. The van der Waals surface area contributed by atoms with E-state index in [0.29, 0.717) is 42.8 Å². The van der Waals surface area contributed by atoms with Gasteiger partial charge >= 0.3 is 5.69 Å². The van der Waals surface area contributed by atoms with E-state index in [9.17, 15) is 24.3 Å². The molecular formula is C33H41N13O6. The molecule has 6 heterocycles. The average Bonchev–Trinajstić information content (AvgIpc) is 3.78. The summed E-state index contributed by atoms with van der Waals surface area (Å²) in [5.74, 6) is -0.629. The number of hydrogen-bond acceptors (Lipinski definition) is 13. The van der Waals surface area contributed by atoms with Crippen molar-refractivity contribution in [2.75, 3.05) is 28.2 Å². The molecule has 5 atom stereocenters. The minimum atomic E-state index is -1.00. The number of aliphatic hydroxyl groups is 1. The van der Waals surface area contributed by atoms with Crippen molar-refractivity contribution in [3.63, 3.8) is 0 Å². The highest BCUT2D eigenvalue weighted by atomic mass is 16.5. The van der Waals surface area contributed by atoms with Gasteiger partial charge in [-0.1, -0.05) is 6.92 Å². The van der Waals surface area contributed by atoms with Gasteiger partial charge in [0.1, 0.15) is 23.8 Å². The van der Waals surface area contributed by atoms with Crippen LogP contribution >= 0.6 is 0 Å². The number of aliphatic hydroxyl groups excluding tert-OH is 1. The van der Waals surface area contributed by atoms with Crippen LogP contribution in [0.5, 0.6) is 0 Å². The van der Waals surface area contributed by atoms with Gasteiger partial charge in [0.2, 0.25) is 23.7 Å². The van der Waals surface area contributed by atoms with Crippen LogP contribution in [0.4, 0.5) is 29.1 Å². The molecule has 1 unspecified atom stereocenters. The van der Waals surface area contributed by atoms with Gasteiger partial charge in [0.05, 0.1) is 6.33 Å². The molecule has 7 rings (SSSR count). The summed E-state index contributed by atoms with van der Waals surface area (Å²) in [7, 11) is 1.63. The predicted molar refractivity (Wildman–Crippen MR) is 192 cm³/mol. The van der Waals surface area contributed by atoms with E-state index in [4.69, 9.17) is 10.5 Å². The Bertz CT molecular complexity index is 2340. The summed E-state index contributed by atoms with van der Waals surface area (Å²) in [5, 5.41) is 23.0. The van der Waals surface area contributed by atoms with Gasteiger partial charge in [-0.2, -0.15) is 15.0 Å². The normalized spacial score (nSPS) is 21.2. The zero-order valence-corrected chi connectivity index (χ0v) is 29.4. The lowest BCUT2D eigenvalue weighted by atomic mass is 9.97. The van der Waals surface area contributed by atoms with Crippen LogP contribution in [0.25, 0.3) is 22.3 Å². The zero-order valence-electron chi connectivity index (χ0n) is 29.4. The van der Waals surface area contributed by atoms with Crippen molar-refractivity contribution in [1.82, 2.24) is 43.5 Å². The minimum Gasteiger partial charge on any atom is -0.388 e. The van der Waals surface area contributed by atoms with E-state index >= 15 is 0 Å². The molecule has 19 nitrogen and oxygen atoms in total. The molecule has 274 valence electrons. The summed E-state index contributed by atoms with van der Waals surface area (Å²) >= 11 is 0. The molecule has 7 N–H and O–H groups in total. The number of nitrogen functional groups attached to an aromatic ring is 1. The smallest absolute Gasteiger partial charge is 0.332 e. The number of ether oxygens (including phenoxy) is 1. The first-order valence-corrected chi connectivity index (χ1v) is 17.2. The van der Waals surface area contributed by atoms with Gasteiger partial charge in [0.25, 0.3) is 5.56 Å². The number of imidazole rings is 2. The standard InChI is InChI=1S/C33H41N13O6/c1-6-35-28(49)23-15(4)22(47)30(52-23)46-14-36-20-24(34)39-31(40-25(20)46)37-17-10-12-18-16(13-17)9-11-19(38-18)27(48)42-32-41-26-21(43(32)5)29(50)45(8-3)33(51)44(26)7-2/h10,12-15,19,22-23,30,38,47H,6-9,11H2,1-5H3,(H,35,49)(H,41,42,48)(H3,34,37,39,40)/t15-,19?,22+,23+,30+/m0/s1. The number of hydrogen-bond donors (Lipinski definition) is 6. The summed E-state index contributed by atoms with van der Waals surface area (Å²) in [5.41, 5.74) is 8.86. The van der Waals surface area contributed by atoms with Crippen molar-refractivity contribution < 1.29 is 19.4 Å². The molecule has 4 aromatic heterocycles. The second-order valence-electron chi connectivity index (χ2n) is 12.9. The molecule has 0 bridgehead atoms. The molecule has 52 heavy (non-hydrogen) atoms. The van der Waals surface area contributed by atoms with E-state index in [1.807, 2.05) is 25.1 Å². The predicted octanol–water partition coefficient (Wildman–Crippen LogP) is 0.798. The molecule has 0 saturated carbocycles. The number of anilines is 5. The van der Waals surface area contributed by atoms with E-state index in [-0.39, 0.29) is 47.2 Å². The first-order chi connectivity index (χ1) is 24.9. The lowest BCUT2D eigenvalue weighted by Gasteiger charge is -2.26. The van der Waals surface area contributed by atoms with E-state index in [0.717, 1.165) is 15.8 Å². The number of carbonyl (C=O) groups excluding carboxylic acids is 2. The van der Waals surface area contributed by atoms with Gasteiger partial charge in [-0.15, -0.1) is 0 Å². The first-order valence-electron chi connectivity index (χ1n) is 17.2. The number of aromatic nitrogens is 8. The van der Waals surface area contributed by atoms with Gasteiger partial charge in [0.15, 0.2) is 28.9 Å². The SMILES string of the molecule is CCNC(=O)[C@@H]1O[C@@H](n2cnc3c(N)nc(Nc4ccc5c(c4)CCC(C(=O)Nc4nc6c(c(=O)n(CC)c(=O)n6CC)n4C)N5)nc32)[C@H](O)[C@@H]1C. The summed E-state index contributed by atoms with van der Waals surface area (Å²) in [4.78, 5) is 69.7. The third kappa shape index (κ3) is 5.70. The van der Waals surface area contributed by atoms with Crippen LogP contribution in [0.1, 0.15) is 45.9 Å². The second kappa shape index (κ2) is 13.4. The number of nitrogens with zero attached hydrogens (tertiary/aromatic N) is 8. The van der Waals surface area contributed by atoms with Crippen molar-refractivity contribution in [2.24, 2.45) is 13.0 Å². The highest BCUT2D eigenvalue weighted by molar-refractivity contribution is 5.97. The molecule has 2 aliphatic rings. The van der Waals surface area contributed by atoms with Gasteiger partial charge < -0.3 is 36.1 Å². The van der Waals surface area contributed by atoms with Crippen LogP contribution in [-0.4, -0.2) is 79.9 Å². The summed E-state index contributed by atoms with van der Waals surface area (Å²) < 4.78 is 11.6. The highest BCUT2D eigenvalue weighted by Crippen LogP contribution is 2.36. The number of nitrogens with two attached hydrogens (primary N) is 1. The molecule has 0 radical (unpaired) electrons. The van der Waals surface area contributed by atoms with Crippen LogP contribution in [0.3, 0.4) is 0 Å². The fraction of sp³-hybridized carbons (Fsp3) is 0.455. The molecule has 2 amide bonds. The average molecular weight is 716 g/mol. The Morgan fingerprint density at radius 3 is 2.58 bits per heavy atom. The van der Waals surface area contributed by atoms with Crippen molar-refractivity contribution in [1.29, 1.82) is 0 Å². The zero-order chi connectivity index (χ0) is 37.0. The minimum absolute atomic E-state index is 0.121. The maximum atomic E-state index is 13.4. The Labute approximate surface area is 296 Å². The first kappa shape index (κ1) is 34.6. The fourth-order valence-corrected chi connectivity index (χ4v) is 6.92. The van der Waals surface area contributed by atoms with Crippen molar-refractivity contribution >= 4 is 63.2 Å². The Morgan fingerprint density at radius 2 is 1.85 bits per heavy atom. The molecule has 1 saturated heterocycles. The lowest BCUT2D eigenvalue weighted by molar-refractivity contribution is -0.135. The summed E-state index contributed by atoms with van der Waals surface area (Å²) in [6, 6.07) is 5.00. The van der Waals surface area contributed by atoms with E-state index < -0.39 is 41.6 Å². The molecular weight excluding hydrogens is 674 g/mol. The number of rotatable bonds is 9. The number of aryl methyl sites for hydroxylation is 3.